The summed E-state index contributed by atoms with van der Waals surface area (Å²) in [5, 5.41) is 6.25. The first-order chi connectivity index (χ1) is 22.5. The quantitative estimate of drug-likeness (QED) is 0.355. The third kappa shape index (κ3) is 9.13. The summed E-state index contributed by atoms with van der Waals surface area (Å²) in [6.07, 6.45) is 7.07. The minimum Gasteiger partial charge on any atom is -0.444 e. The van der Waals surface area contributed by atoms with Gasteiger partial charge in [0.15, 0.2) is 0 Å². The van der Waals surface area contributed by atoms with Crippen molar-refractivity contribution >= 4 is 58.4 Å². The van der Waals surface area contributed by atoms with Crippen LogP contribution in [0.25, 0.3) is 0 Å². The van der Waals surface area contributed by atoms with Gasteiger partial charge < -0.3 is 19.3 Å². The van der Waals surface area contributed by atoms with E-state index in [4.69, 9.17) is 32.7 Å². The second kappa shape index (κ2) is 14.4. The number of amides is 2. The van der Waals surface area contributed by atoms with Gasteiger partial charge in [-0.15, -0.1) is 0 Å². The SMILES string of the molecule is CN1C2CCC1CN(c1cc(NC(=O)OC(C)(C)C)c(Cl)cn1)C2.CN1C2CCC1CN(c1cc(NC(=O)OC(C)(C)C)c(Cl)cn1)C2. The summed E-state index contributed by atoms with van der Waals surface area (Å²) in [5.74, 6) is 1.69. The molecule has 264 valence electrons. The number of carbonyl (C=O) groups excluding carboxylic acids is 2. The Bertz CT molecular complexity index is 1340. The van der Waals surface area contributed by atoms with E-state index in [9.17, 15) is 9.59 Å². The van der Waals surface area contributed by atoms with Gasteiger partial charge in [0.05, 0.1) is 33.8 Å². The largest absolute Gasteiger partial charge is 0.444 e. The smallest absolute Gasteiger partial charge is 0.412 e. The summed E-state index contributed by atoms with van der Waals surface area (Å²) in [4.78, 5) is 42.4. The number of ether oxygens (including phenoxy) is 2. The third-order valence-corrected chi connectivity index (χ3v) is 9.90. The summed E-state index contributed by atoms with van der Waals surface area (Å²) in [6.45, 7) is 14.8. The highest BCUT2D eigenvalue weighted by Gasteiger charge is 2.39. The van der Waals surface area contributed by atoms with Gasteiger partial charge in [0, 0.05) is 62.5 Å². The molecule has 14 heteroatoms. The summed E-state index contributed by atoms with van der Waals surface area (Å²) >= 11 is 12.4. The van der Waals surface area contributed by atoms with Crippen LogP contribution in [0.2, 0.25) is 10.0 Å². The molecule has 4 fully saturated rings. The van der Waals surface area contributed by atoms with Crippen LogP contribution in [0, 0.1) is 0 Å². The maximum atomic E-state index is 12.0. The van der Waals surface area contributed by atoms with Crippen molar-refractivity contribution in [3.63, 3.8) is 0 Å². The van der Waals surface area contributed by atoms with Crippen molar-refractivity contribution in [1.82, 2.24) is 19.8 Å². The van der Waals surface area contributed by atoms with Crippen LogP contribution in [0.4, 0.5) is 32.6 Å². The Labute approximate surface area is 294 Å². The molecule has 0 spiro atoms. The van der Waals surface area contributed by atoms with Crippen LogP contribution < -0.4 is 20.4 Å². The average molecular weight is 706 g/mol. The highest BCUT2D eigenvalue weighted by molar-refractivity contribution is 6.34. The van der Waals surface area contributed by atoms with Gasteiger partial charge in [0.25, 0.3) is 0 Å². The molecule has 4 atom stereocenters. The third-order valence-electron chi connectivity index (χ3n) is 9.30. The van der Waals surface area contributed by atoms with Gasteiger partial charge in [-0.2, -0.15) is 0 Å². The van der Waals surface area contributed by atoms with Gasteiger partial charge in [0.1, 0.15) is 22.8 Å². The first kappa shape index (κ1) is 36.2. The Morgan fingerprint density at radius 2 is 0.979 bits per heavy atom. The summed E-state index contributed by atoms with van der Waals surface area (Å²) < 4.78 is 10.6. The minimum absolute atomic E-state index is 0.404. The number of halogens is 2. The lowest BCUT2D eigenvalue weighted by molar-refractivity contribution is 0.0624. The fourth-order valence-electron chi connectivity index (χ4n) is 6.82. The van der Waals surface area contributed by atoms with Crippen molar-refractivity contribution in [2.45, 2.75) is 103 Å². The van der Waals surface area contributed by atoms with Crippen LogP contribution in [-0.4, -0.2) is 108 Å². The molecule has 0 aromatic carbocycles. The van der Waals surface area contributed by atoms with Crippen LogP contribution >= 0.6 is 23.2 Å². The van der Waals surface area contributed by atoms with Gasteiger partial charge in [-0.1, -0.05) is 23.2 Å². The van der Waals surface area contributed by atoms with E-state index < -0.39 is 23.4 Å². The molecule has 2 amide bonds. The number of fused-ring (bicyclic) bond motifs is 4. The standard InChI is InChI=1S/2C17H25ClN4O2/c2*1-17(2,3)24-16(23)20-14-7-15(19-8-13(14)18)22-9-11-5-6-12(10-22)21(11)4/h2*7-8,11-12H,5-6,9-10H2,1-4H3,(H,19,20,23). The lowest BCUT2D eigenvalue weighted by Gasteiger charge is -2.39. The molecule has 4 bridgehead atoms. The van der Waals surface area contributed by atoms with E-state index in [2.05, 4.69) is 54.3 Å². The summed E-state index contributed by atoms with van der Waals surface area (Å²) in [7, 11) is 4.40. The number of likely N-dealkylation sites (N-methyl/N-ethyl adjacent to an activating group) is 2. The lowest BCUT2D eigenvalue weighted by atomic mass is 10.2. The van der Waals surface area contributed by atoms with Crippen molar-refractivity contribution < 1.29 is 19.1 Å². The first-order valence-electron chi connectivity index (χ1n) is 16.7. The van der Waals surface area contributed by atoms with Gasteiger partial charge in [-0.05, 0) is 81.3 Å². The molecular formula is C34H50Cl2N8O4. The molecule has 4 saturated heterocycles. The van der Waals surface area contributed by atoms with Crippen molar-refractivity contribution in [1.29, 1.82) is 0 Å². The Hall–Kier alpha value is -3.06. The number of anilines is 4. The zero-order chi connectivity index (χ0) is 35.0. The Kier molecular flexibility index (Phi) is 10.9. The van der Waals surface area contributed by atoms with Crippen molar-refractivity contribution in [3.8, 4) is 0 Å². The number of nitrogens with one attached hydrogen (secondary N) is 2. The molecule has 0 aliphatic carbocycles. The van der Waals surface area contributed by atoms with Crippen LogP contribution in [0.15, 0.2) is 24.5 Å². The number of hydrogen-bond acceptors (Lipinski definition) is 10. The molecule has 2 N–H and O–H groups in total. The normalized spacial score (nSPS) is 24.1. The zero-order valence-electron chi connectivity index (χ0n) is 29.3. The molecule has 4 unspecified atom stereocenters. The number of carbonyl (C=O) groups is 2. The Morgan fingerprint density at radius 3 is 1.27 bits per heavy atom. The molecule has 2 aromatic heterocycles. The molecule has 4 aliphatic heterocycles. The molecule has 0 saturated carbocycles. The highest BCUT2D eigenvalue weighted by Crippen LogP contribution is 2.34. The van der Waals surface area contributed by atoms with E-state index in [1.54, 1.807) is 12.4 Å². The molecule has 48 heavy (non-hydrogen) atoms. The molecule has 2 aromatic rings. The van der Waals surface area contributed by atoms with E-state index in [0.29, 0.717) is 45.6 Å². The van der Waals surface area contributed by atoms with Crippen LogP contribution in [0.1, 0.15) is 67.2 Å². The predicted octanol–water partition coefficient (Wildman–Crippen LogP) is 6.73. The number of hydrogen-bond donors (Lipinski definition) is 2. The number of pyridine rings is 2. The zero-order valence-corrected chi connectivity index (χ0v) is 30.9. The van der Waals surface area contributed by atoms with E-state index in [-0.39, 0.29) is 0 Å². The Morgan fingerprint density at radius 1 is 0.667 bits per heavy atom. The second-order valence-corrected chi connectivity index (χ2v) is 16.0. The monoisotopic (exact) mass is 704 g/mol. The topological polar surface area (TPSA) is 115 Å². The highest BCUT2D eigenvalue weighted by atomic mass is 35.5. The summed E-state index contributed by atoms with van der Waals surface area (Å²) in [5.41, 5.74) is -0.0454. The van der Waals surface area contributed by atoms with Gasteiger partial charge in [-0.3, -0.25) is 20.4 Å². The van der Waals surface area contributed by atoms with Crippen LogP contribution in [0.5, 0.6) is 0 Å². The minimum atomic E-state index is -0.553. The molecule has 12 nitrogen and oxygen atoms in total. The number of piperazine rings is 2. The van der Waals surface area contributed by atoms with Crippen molar-refractivity contribution in [2.75, 3.05) is 60.7 Å². The van der Waals surface area contributed by atoms with Crippen molar-refractivity contribution in [2.24, 2.45) is 0 Å². The Balaban J connectivity index is 0.000000188. The number of aromatic nitrogens is 2. The molecule has 4 aliphatic rings. The maximum Gasteiger partial charge on any atom is 0.412 e. The van der Waals surface area contributed by atoms with Crippen LogP contribution in [0.3, 0.4) is 0 Å². The molecule has 6 rings (SSSR count). The molecule has 6 heterocycles. The van der Waals surface area contributed by atoms with E-state index >= 15 is 0 Å². The number of rotatable bonds is 4. The van der Waals surface area contributed by atoms with Gasteiger partial charge >= 0.3 is 12.2 Å². The second-order valence-electron chi connectivity index (χ2n) is 15.2. The predicted molar refractivity (Wildman–Crippen MR) is 192 cm³/mol. The van der Waals surface area contributed by atoms with Crippen LogP contribution in [-0.2, 0) is 9.47 Å². The van der Waals surface area contributed by atoms with E-state index in [1.165, 1.54) is 25.7 Å². The average Bonchev–Trinajstić information content (AvgIpc) is 3.29. The molecular weight excluding hydrogens is 655 g/mol. The maximum absolute atomic E-state index is 12.0. The van der Waals surface area contributed by atoms with E-state index in [0.717, 1.165) is 37.8 Å². The summed E-state index contributed by atoms with van der Waals surface area (Å²) in [6, 6.07) is 5.95. The fourth-order valence-corrected chi connectivity index (χ4v) is 7.12. The van der Waals surface area contributed by atoms with E-state index in [1.807, 2.05) is 53.7 Å². The first-order valence-corrected chi connectivity index (χ1v) is 17.5. The molecule has 0 radical (unpaired) electrons. The fraction of sp³-hybridized carbons (Fsp3) is 0.647. The van der Waals surface area contributed by atoms with Gasteiger partial charge in [-0.25, -0.2) is 19.6 Å². The van der Waals surface area contributed by atoms with Crippen molar-refractivity contribution in [3.05, 3.63) is 34.6 Å². The van der Waals surface area contributed by atoms with Gasteiger partial charge in [0.2, 0.25) is 0 Å². The lowest BCUT2D eigenvalue weighted by Crippen LogP contribution is -2.52. The number of nitrogens with zero attached hydrogens (tertiary/aromatic N) is 6.